The number of ether oxygens (including phenoxy) is 2. The number of aliphatic hydroxyl groups is 1. The zero-order valence-corrected chi connectivity index (χ0v) is 16.4. The molecule has 1 atom stereocenters. The SMILES string of the molecule is CCCCOCc1cccc(C(O)c2cccc(OCc3ccccc3)c2)c1. The average Bonchev–Trinajstić information content (AvgIpc) is 2.76. The Morgan fingerprint density at radius 1 is 0.786 bits per heavy atom. The van der Waals surface area contributed by atoms with Gasteiger partial charge in [-0.2, -0.15) is 0 Å². The number of aliphatic hydroxyl groups excluding tert-OH is 1. The van der Waals surface area contributed by atoms with Gasteiger partial charge in [0.1, 0.15) is 18.5 Å². The Morgan fingerprint density at radius 2 is 1.50 bits per heavy atom. The molecule has 0 aromatic heterocycles. The van der Waals surface area contributed by atoms with Crippen LogP contribution in [0.1, 0.15) is 48.1 Å². The van der Waals surface area contributed by atoms with E-state index in [1.165, 1.54) is 0 Å². The van der Waals surface area contributed by atoms with E-state index in [2.05, 4.69) is 6.92 Å². The van der Waals surface area contributed by atoms with Crippen molar-refractivity contribution in [2.45, 2.75) is 39.1 Å². The molecule has 1 N–H and O–H groups in total. The van der Waals surface area contributed by atoms with E-state index in [-0.39, 0.29) is 0 Å². The van der Waals surface area contributed by atoms with Gasteiger partial charge in [0.2, 0.25) is 0 Å². The first-order valence-corrected chi connectivity index (χ1v) is 9.87. The van der Waals surface area contributed by atoms with Crippen LogP contribution in [0, 0.1) is 0 Å². The van der Waals surface area contributed by atoms with Crippen LogP contribution in [0.4, 0.5) is 0 Å². The van der Waals surface area contributed by atoms with Crippen molar-refractivity contribution in [1.29, 1.82) is 0 Å². The van der Waals surface area contributed by atoms with Crippen molar-refractivity contribution in [3.63, 3.8) is 0 Å². The lowest BCUT2D eigenvalue weighted by Gasteiger charge is -2.15. The van der Waals surface area contributed by atoms with Gasteiger partial charge >= 0.3 is 0 Å². The summed E-state index contributed by atoms with van der Waals surface area (Å²) < 4.78 is 11.6. The minimum Gasteiger partial charge on any atom is -0.489 e. The third kappa shape index (κ3) is 5.95. The van der Waals surface area contributed by atoms with Crippen molar-refractivity contribution in [1.82, 2.24) is 0 Å². The smallest absolute Gasteiger partial charge is 0.120 e. The standard InChI is InChI=1S/C25H28O3/c1-2-3-15-27-18-21-11-7-12-22(16-21)25(26)23-13-8-14-24(17-23)28-19-20-9-5-4-6-10-20/h4-14,16-17,25-26H,2-3,15,18-19H2,1H3. The van der Waals surface area contributed by atoms with Crippen molar-refractivity contribution in [3.8, 4) is 5.75 Å². The van der Waals surface area contributed by atoms with Crippen LogP contribution in [-0.4, -0.2) is 11.7 Å². The highest BCUT2D eigenvalue weighted by molar-refractivity contribution is 5.36. The first kappa shape index (κ1) is 20.1. The lowest BCUT2D eigenvalue weighted by Crippen LogP contribution is -2.02. The highest BCUT2D eigenvalue weighted by Gasteiger charge is 2.12. The molecule has 0 aliphatic heterocycles. The summed E-state index contributed by atoms with van der Waals surface area (Å²) in [5.74, 6) is 0.749. The molecular formula is C25H28O3. The van der Waals surface area contributed by atoms with Gasteiger partial charge in [-0.05, 0) is 40.8 Å². The van der Waals surface area contributed by atoms with E-state index in [4.69, 9.17) is 9.47 Å². The minimum absolute atomic E-state index is 0.505. The Hall–Kier alpha value is -2.62. The molecule has 146 valence electrons. The maximum Gasteiger partial charge on any atom is 0.120 e. The van der Waals surface area contributed by atoms with Crippen LogP contribution in [0.25, 0.3) is 0 Å². The second kappa shape index (κ2) is 10.6. The van der Waals surface area contributed by atoms with Crippen molar-refractivity contribution in [2.24, 2.45) is 0 Å². The molecule has 0 fully saturated rings. The molecule has 3 nitrogen and oxygen atoms in total. The molecule has 0 saturated heterocycles. The van der Waals surface area contributed by atoms with E-state index in [9.17, 15) is 5.11 Å². The molecule has 3 rings (SSSR count). The molecular weight excluding hydrogens is 348 g/mol. The molecule has 0 radical (unpaired) electrons. The second-order valence-corrected chi connectivity index (χ2v) is 6.90. The summed E-state index contributed by atoms with van der Waals surface area (Å²) in [6.07, 6.45) is 1.50. The Labute approximate surface area is 167 Å². The second-order valence-electron chi connectivity index (χ2n) is 6.90. The molecule has 0 bridgehead atoms. The summed E-state index contributed by atoms with van der Waals surface area (Å²) >= 11 is 0. The van der Waals surface area contributed by atoms with Gasteiger partial charge in [-0.25, -0.2) is 0 Å². The maximum absolute atomic E-state index is 10.8. The number of rotatable bonds is 10. The van der Waals surface area contributed by atoms with Crippen LogP contribution in [0.5, 0.6) is 5.75 Å². The normalized spacial score (nSPS) is 11.9. The first-order chi connectivity index (χ1) is 13.8. The molecule has 0 spiro atoms. The Kier molecular flexibility index (Phi) is 7.65. The van der Waals surface area contributed by atoms with Gasteiger partial charge in [0, 0.05) is 6.61 Å². The van der Waals surface area contributed by atoms with E-state index in [0.717, 1.165) is 47.5 Å². The third-order valence-corrected chi connectivity index (χ3v) is 4.60. The van der Waals surface area contributed by atoms with Crippen LogP contribution in [0.15, 0.2) is 78.9 Å². The van der Waals surface area contributed by atoms with Crippen molar-refractivity contribution in [3.05, 3.63) is 101 Å². The van der Waals surface area contributed by atoms with E-state index in [0.29, 0.717) is 13.2 Å². The Morgan fingerprint density at radius 3 is 2.29 bits per heavy atom. The fourth-order valence-electron chi connectivity index (χ4n) is 3.00. The Bertz CT molecular complexity index is 845. The summed E-state index contributed by atoms with van der Waals surface area (Å²) in [5, 5.41) is 10.8. The van der Waals surface area contributed by atoms with Crippen molar-refractivity contribution >= 4 is 0 Å². The molecule has 0 aliphatic rings. The monoisotopic (exact) mass is 376 g/mol. The summed E-state index contributed by atoms with van der Waals surface area (Å²) in [4.78, 5) is 0. The highest BCUT2D eigenvalue weighted by atomic mass is 16.5. The average molecular weight is 376 g/mol. The van der Waals surface area contributed by atoms with Gasteiger partial charge in [-0.1, -0.05) is 80.1 Å². The third-order valence-electron chi connectivity index (χ3n) is 4.60. The largest absolute Gasteiger partial charge is 0.489 e. The van der Waals surface area contributed by atoms with E-state index < -0.39 is 6.10 Å². The molecule has 3 aromatic rings. The van der Waals surface area contributed by atoms with Crippen molar-refractivity contribution < 1.29 is 14.6 Å². The molecule has 0 aliphatic carbocycles. The van der Waals surface area contributed by atoms with Crippen LogP contribution >= 0.6 is 0 Å². The topological polar surface area (TPSA) is 38.7 Å². The van der Waals surface area contributed by atoms with E-state index >= 15 is 0 Å². The first-order valence-electron chi connectivity index (χ1n) is 9.87. The summed E-state index contributed by atoms with van der Waals surface area (Å²) in [6, 6.07) is 25.6. The highest BCUT2D eigenvalue weighted by Crippen LogP contribution is 2.26. The fraction of sp³-hybridized carbons (Fsp3) is 0.280. The molecule has 0 heterocycles. The molecule has 3 aromatic carbocycles. The minimum atomic E-state index is -0.698. The molecule has 28 heavy (non-hydrogen) atoms. The van der Waals surface area contributed by atoms with Gasteiger partial charge in [0.05, 0.1) is 6.61 Å². The van der Waals surface area contributed by atoms with Gasteiger partial charge in [-0.15, -0.1) is 0 Å². The predicted octanol–water partition coefficient (Wildman–Crippen LogP) is 5.66. The quantitative estimate of drug-likeness (QED) is 0.464. The maximum atomic E-state index is 10.8. The van der Waals surface area contributed by atoms with Crippen LogP contribution in [0.2, 0.25) is 0 Å². The summed E-state index contributed by atoms with van der Waals surface area (Å²) in [5.41, 5.74) is 3.86. The zero-order valence-electron chi connectivity index (χ0n) is 16.4. The molecule has 1 unspecified atom stereocenters. The Balaban J connectivity index is 1.64. The van der Waals surface area contributed by atoms with Gasteiger partial charge in [0.25, 0.3) is 0 Å². The number of hydrogen-bond acceptors (Lipinski definition) is 3. The molecule has 0 amide bonds. The van der Waals surface area contributed by atoms with Crippen LogP contribution in [-0.2, 0) is 18.0 Å². The van der Waals surface area contributed by atoms with E-state index in [1.54, 1.807) is 0 Å². The van der Waals surface area contributed by atoms with Gasteiger partial charge < -0.3 is 14.6 Å². The lowest BCUT2D eigenvalue weighted by molar-refractivity contribution is 0.118. The van der Waals surface area contributed by atoms with Gasteiger partial charge in [-0.3, -0.25) is 0 Å². The number of unbranched alkanes of at least 4 members (excludes halogenated alkanes) is 1. The predicted molar refractivity (Wildman–Crippen MR) is 112 cm³/mol. The van der Waals surface area contributed by atoms with Crippen LogP contribution < -0.4 is 4.74 Å². The lowest BCUT2D eigenvalue weighted by atomic mass is 9.99. The number of benzene rings is 3. The molecule has 3 heteroatoms. The fourth-order valence-corrected chi connectivity index (χ4v) is 3.00. The van der Waals surface area contributed by atoms with Crippen molar-refractivity contribution in [2.75, 3.05) is 6.61 Å². The zero-order chi connectivity index (χ0) is 19.6. The van der Waals surface area contributed by atoms with Gasteiger partial charge in [0.15, 0.2) is 0 Å². The summed E-state index contributed by atoms with van der Waals surface area (Å²) in [6.45, 7) is 3.99. The molecule has 0 saturated carbocycles. The number of hydrogen-bond donors (Lipinski definition) is 1. The summed E-state index contributed by atoms with van der Waals surface area (Å²) in [7, 11) is 0. The van der Waals surface area contributed by atoms with Crippen LogP contribution in [0.3, 0.4) is 0 Å². The van der Waals surface area contributed by atoms with E-state index in [1.807, 2.05) is 78.9 Å².